The molecule has 1 aromatic rings. The molecule has 24 heavy (non-hydrogen) atoms. The number of alkyl halides is 12. The Morgan fingerprint density at radius 1 is 0.583 bits per heavy atom. The molecule has 0 saturated heterocycles. The molecular weight excluding hydrogens is 376 g/mol. The average molecular weight is 378 g/mol. The topological polar surface area (TPSA) is 17.1 Å². The van der Waals surface area contributed by atoms with Crippen molar-refractivity contribution in [3.8, 4) is 0 Å². The summed E-state index contributed by atoms with van der Waals surface area (Å²) in [5, 5.41) is 0. The van der Waals surface area contributed by atoms with Crippen LogP contribution in [0, 0.1) is 0 Å². The van der Waals surface area contributed by atoms with Crippen molar-refractivity contribution < 1.29 is 57.5 Å². The summed E-state index contributed by atoms with van der Waals surface area (Å²) in [6.45, 7) is 0. The molecule has 0 aromatic heterocycles. The molecule has 13 heteroatoms. The highest BCUT2D eigenvalue weighted by atomic mass is 19.4. The first-order chi connectivity index (χ1) is 10.4. The zero-order valence-corrected chi connectivity index (χ0v) is 10.6. The number of rotatable bonds is 1. The number of carbonyl (C=O) groups excluding carboxylic acids is 1. The van der Waals surface area contributed by atoms with Crippen LogP contribution < -0.4 is 0 Å². The number of carbonyl (C=O) groups is 1. The first kappa shape index (κ1) is 20.1. The Hall–Kier alpha value is -1.95. The number of hydrogen-bond donors (Lipinski definition) is 0. The van der Waals surface area contributed by atoms with Gasteiger partial charge >= 0.3 is 24.7 Å². The molecule has 0 radical (unpaired) electrons. The lowest BCUT2D eigenvalue weighted by atomic mass is 9.90. The minimum absolute atomic E-state index is 1.16. The standard InChI is InChI=1S/C11H2F12O/c12-8(13,14)4-1-5(9(15,16)17)7(11(21,22)23)6(3(4)2-24)10(18,19)20/h1-2H. The van der Waals surface area contributed by atoms with Crippen LogP contribution in [0.1, 0.15) is 32.6 Å². The van der Waals surface area contributed by atoms with E-state index in [1.807, 2.05) is 0 Å². The van der Waals surface area contributed by atoms with Gasteiger partial charge in [-0.3, -0.25) is 4.79 Å². The Labute approximate surface area is 123 Å². The Kier molecular flexibility index (Phi) is 4.65. The second-order valence-electron chi connectivity index (χ2n) is 4.24. The Bertz CT molecular complexity index is 643. The van der Waals surface area contributed by atoms with Crippen molar-refractivity contribution in [1.82, 2.24) is 0 Å². The number of halogens is 12. The minimum Gasteiger partial charge on any atom is -0.298 e. The van der Waals surface area contributed by atoms with E-state index in [2.05, 4.69) is 0 Å². The highest BCUT2D eigenvalue weighted by molar-refractivity contribution is 5.82. The normalized spacial score (nSPS) is 14.0. The van der Waals surface area contributed by atoms with Crippen LogP contribution in [-0.2, 0) is 24.7 Å². The fraction of sp³-hybridized carbons (Fsp3) is 0.364. The zero-order chi connectivity index (χ0) is 19.3. The van der Waals surface area contributed by atoms with Crippen molar-refractivity contribution in [2.45, 2.75) is 24.7 Å². The second-order valence-corrected chi connectivity index (χ2v) is 4.24. The maximum absolute atomic E-state index is 12.8. The van der Waals surface area contributed by atoms with Crippen LogP contribution in [0.3, 0.4) is 0 Å². The van der Waals surface area contributed by atoms with Crippen LogP contribution in [-0.4, -0.2) is 6.29 Å². The van der Waals surface area contributed by atoms with Gasteiger partial charge in [0.2, 0.25) is 0 Å². The third kappa shape index (κ3) is 3.75. The quantitative estimate of drug-likeness (QED) is 0.461. The number of benzene rings is 1. The predicted molar refractivity (Wildman–Crippen MR) is 51.8 cm³/mol. The molecule has 1 aromatic carbocycles. The first-order valence-corrected chi connectivity index (χ1v) is 5.37. The van der Waals surface area contributed by atoms with E-state index in [0.29, 0.717) is 0 Å². The fourth-order valence-electron chi connectivity index (χ4n) is 1.87. The largest absolute Gasteiger partial charge is 0.417 e. The molecule has 1 nitrogen and oxygen atoms in total. The number of hydrogen-bond acceptors (Lipinski definition) is 1. The summed E-state index contributed by atoms with van der Waals surface area (Å²) in [6, 6.07) is -1.16. The Balaban J connectivity index is 4.25. The van der Waals surface area contributed by atoms with Gasteiger partial charge in [-0.05, 0) is 6.07 Å². The maximum Gasteiger partial charge on any atom is 0.417 e. The third-order valence-corrected chi connectivity index (χ3v) is 2.66. The molecule has 0 aliphatic heterocycles. The first-order valence-electron chi connectivity index (χ1n) is 5.37. The molecule has 0 fully saturated rings. The molecule has 0 N–H and O–H groups in total. The van der Waals surface area contributed by atoms with E-state index in [9.17, 15) is 57.5 Å². The van der Waals surface area contributed by atoms with E-state index < -0.39 is 64.9 Å². The zero-order valence-electron chi connectivity index (χ0n) is 10.6. The van der Waals surface area contributed by atoms with Crippen LogP contribution in [0.4, 0.5) is 52.7 Å². The molecule has 1 rings (SSSR count). The van der Waals surface area contributed by atoms with Gasteiger partial charge in [0, 0.05) is 5.56 Å². The van der Waals surface area contributed by atoms with Gasteiger partial charge in [0.05, 0.1) is 22.3 Å². The maximum atomic E-state index is 12.8. The molecule has 0 unspecified atom stereocenters. The summed E-state index contributed by atoms with van der Waals surface area (Å²) in [5.74, 6) is 0. The van der Waals surface area contributed by atoms with Crippen LogP contribution in [0.5, 0.6) is 0 Å². The molecule has 0 amide bonds. The van der Waals surface area contributed by atoms with Crippen LogP contribution in [0.15, 0.2) is 6.07 Å². The van der Waals surface area contributed by atoms with Crippen molar-refractivity contribution in [3.05, 3.63) is 33.9 Å². The lowest BCUT2D eigenvalue weighted by Gasteiger charge is -2.24. The van der Waals surface area contributed by atoms with E-state index in [0.717, 1.165) is 0 Å². The lowest BCUT2D eigenvalue weighted by molar-refractivity contribution is -0.176. The smallest absolute Gasteiger partial charge is 0.298 e. The second kappa shape index (κ2) is 5.55. The van der Waals surface area contributed by atoms with Crippen LogP contribution in [0.25, 0.3) is 0 Å². The van der Waals surface area contributed by atoms with Crippen molar-refractivity contribution in [3.63, 3.8) is 0 Å². The molecule has 0 atom stereocenters. The summed E-state index contributed by atoms with van der Waals surface area (Å²) in [4.78, 5) is 10.5. The molecule has 0 saturated carbocycles. The monoisotopic (exact) mass is 378 g/mol. The average Bonchev–Trinajstić information content (AvgIpc) is 2.31. The van der Waals surface area contributed by atoms with Crippen LogP contribution in [0.2, 0.25) is 0 Å². The predicted octanol–water partition coefficient (Wildman–Crippen LogP) is 5.57. The highest BCUT2D eigenvalue weighted by Gasteiger charge is 2.54. The molecule has 0 aliphatic carbocycles. The van der Waals surface area contributed by atoms with Gasteiger partial charge in [0.25, 0.3) is 0 Å². The summed E-state index contributed by atoms with van der Waals surface area (Å²) in [7, 11) is 0. The molecule has 0 bridgehead atoms. The minimum atomic E-state index is -6.32. The van der Waals surface area contributed by atoms with E-state index in [-0.39, 0.29) is 0 Å². The van der Waals surface area contributed by atoms with Gasteiger partial charge in [-0.25, -0.2) is 0 Å². The number of aldehydes is 1. The summed E-state index contributed by atoms with van der Waals surface area (Å²) in [6.07, 6.45) is -26.0. The molecule has 136 valence electrons. The van der Waals surface area contributed by atoms with Crippen LogP contribution >= 0.6 is 0 Å². The Morgan fingerprint density at radius 2 is 0.958 bits per heavy atom. The SMILES string of the molecule is O=Cc1c(C(F)(F)F)cc(C(F)(F)F)c(C(F)(F)F)c1C(F)(F)F. The van der Waals surface area contributed by atoms with Crippen molar-refractivity contribution in [1.29, 1.82) is 0 Å². The molecular formula is C11H2F12O. The van der Waals surface area contributed by atoms with Gasteiger partial charge in [-0.15, -0.1) is 0 Å². The van der Waals surface area contributed by atoms with E-state index in [1.165, 1.54) is 0 Å². The lowest BCUT2D eigenvalue weighted by Crippen LogP contribution is -2.27. The summed E-state index contributed by atoms with van der Waals surface area (Å²) >= 11 is 0. The van der Waals surface area contributed by atoms with Gasteiger partial charge in [-0.2, -0.15) is 52.7 Å². The van der Waals surface area contributed by atoms with Gasteiger partial charge < -0.3 is 0 Å². The van der Waals surface area contributed by atoms with Gasteiger partial charge in [0.1, 0.15) is 0 Å². The molecule has 0 spiro atoms. The highest BCUT2D eigenvalue weighted by Crippen LogP contribution is 2.50. The van der Waals surface area contributed by atoms with Gasteiger partial charge in [-0.1, -0.05) is 0 Å². The fourth-order valence-corrected chi connectivity index (χ4v) is 1.87. The van der Waals surface area contributed by atoms with E-state index >= 15 is 0 Å². The van der Waals surface area contributed by atoms with Crippen molar-refractivity contribution >= 4 is 6.29 Å². The molecule has 0 aliphatic rings. The Morgan fingerprint density at radius 3 is 1.21 bits per heavy atom. The van der Waals surface area contributed by atoms with E-state index in [4.69, 9.17) is 0 Å². The summed E-state index contributed by atoms with van der Waals surface area (Å²) < 4.78 is 152. The van der Waals surface area contributed by atoms with Crippen molar-refractivity contribution in [2.75, 3.05) is 0 Å². The van der Waals surface area contributed by atoms with E-state index in [1.54, 1.807) is 0 Å². The third-order valence-electron chi connectivity index (χ3n) is 2.66. The molecule has 0 heterocycles. The van der Waals surface area contributed by atoms with Gasteiger partial charge in [0.15, 0.2) is 6.29 Å². The van der Waals surface area contributed by atoms with Crippen molar-refractivity contribution in [2.24, 2.45) is 0 Å². The summed E-state index contributed by atoms with van der Waals surface area (Å²) in [5.41, 5.74) is -15.3.